The summed E-state index contributed by atoms with van der Waals surface area (Å²) < 4.78 is 5.95. The molecule has 7 nitrogen and oxygen atoms in total. The molecule has 2 heterocycles. The van der Waals surface area contributed by atoms with Crippen LogP contribution in [0.3, 0.4) is 0 Å². The normalized spacial score (nSPS) is 10.4. The Morgan fingerprint density at radius 2 is 2.35 bits per heavy atom. The van der Waals surface area contributed by atoms with Crippen molar-refractivity contribution in [1.29, 1.82) is 0 Å². The molecule has 0 radical (unpaired) electrons. The maximum absolute atomic E-state index is 11.3. The van der Waals surface area contributed by atoms with Gasteiger partial charge in [-0.2, -0.15) is 0 Å². The molecule has 0 spiro atoms. The fourth-order valence-corrected chi connectivity index (χ4v) is 1.36. The van der Waals surface area contributed by atoms with Gasteiger partial charge in [-0.3, -0.25) is 4.57 Å². The van der Waals surface area contributed by atoms with Gasteiger partial charge in [-0.25, -0.2) is 14.6 Å². The highest BCUT2D eigenvalue weighted by atomic mass is 35.5. The molecular formula is C9H6ClN3O4. The second-order valence-corrected chi connectivity index (χ2v) is 3.60. The molecule has 0 fully saturated rings. The lowest BCUT2D eigenvalue weighted by atomic mass is 10.3. The van der Waals surface area contributed by atoms with Crippen molar-refractivity contribution in [1.82, 2.24) is 14.7 Å². The van der Waals surface area contributed by atoms with Gasteiger partial charge in [0.15, 0.2) is 11.5 Å². The van der Waals surface area contributed by atoms with E-state index < -0.39 is 11.7 Å². The minimum atomic E-state index is -1.20. The lowest BCUT2D eigenvalue weighted by Crippen LogP contribution is -2.22. The molecular weight excluding hydrogens is 250 g/mol. The van der Waals surface area contributed by atoms with Gasteiger partial charge in [0.1, 0.15) is 0 Å². The van der Waals surface area contributed by atoms with E-state index in [9.17, 15) is 9.59 Å². The topological polar surface area (TPSA) is 98.2 Å². The number of hydrogen-bond acceptors (Lipinski definition) is 5. The molecule has 2 aromatic rings. The first-order valence-corrected chi connectivity index (χ1v) is 4.85. The summed E-state index contributed by atoms with van der Waals surface area (Å²) in [5, 5.41) is 12.3. The van der Waals surface area contributed by atoms with Crippen LogP contribution in [0.15, 0.2) is 27.8 Å². The van der Waals surface area contributed by atoms with Crippen LogP contribution in [0, 0.1) is 0 Å². The third kappa shape index (κ3) is 2.51. The Balaban J connectivity index is 2.28. The monoisotopic (exact) mass is 255 g/mol. The maximum atomic E-state index is 11.3. The van der Waals surface area contributed by atoms with E-state index in [1.54, 1.807) is 0 Å². The molecule has 0 saturated carbocycles. The van der Waals surface area contributed by atoms with Crippen LogP contribution in [0.5, 0.6) is 0 Å². The number of carboxylic acid groups (broad SMARTS) is 1. The predicted molar refractivity (Wildman–Crippen MR) is 56.1 cm³/mol. The molecule has 0 saturated heterocycles. The Labute approximate surface area is 99.3 Å². The molecule has 2 aromatic heterocycles. The summed E-state index contributed by atoms with van der Waals surface area (Å²) in [7, 11) is 0. The first kappa shape index (κ1) is 11.3. The van der Waals surface area contributed by atoms with Gasteiger partial charge >= 0.3 is 11.7 Å². The zero-order valence-corrected chi connectivity index (χ0v) is 9.09. The van der Waals surface area contributed by atoms with Crippen LogP contribution in [0.1, 0.15) is 16.2 Å². The van der Waals surface area contributed by atoms with Crippen LogP contribution in [0.4, 0.5) is 0 Å². The highest BCUT2D eigenvalue weighted by molar-refractivity contribution is 6.30. The zero-order chi connectivity index (χ0) is 12.4. The van der Waals surface area contributed by atoms with Gasteiger partial charge in [0, 0.05) is 12.3 Å². The number of carbonyl (C=O) groups is 1. The summed E-state index contributed by atoms with van der Waals surface area (Å²) in [5.74, 6) is -0.967. The zero-order valence-electron chi connectivity index (χ0n) is 8.33. The molecule has 8 heteroatoms. The summed E-state index contributed by atoms with van der Waals surface area (Å²) in [6.45, 7) is 0.0205. The fraction of sp³-hybridized carbons (Fsp3) is 0.111. The molecule has 88 valence electrons. The average Bonchev–Trinajstić information content (AvgIpc) is 2.72. The molecule has 0 amide bonds. The third-order valence-corrected chi connectivity index (χ3v) is 2.12. The van der Waals surface area contributed by atoms with Crippen LogP contribution in [0.2, 0.25) is 5.02 Å². The smallest absolute Gasteiger partial charge is 0.358 e. The second-order valence-electron chi connectivity index (χ2n) is 3.17. The Morgan fingerprint density at radius 1 is 1.59 bits per heavy atom. The van der Waals surface area contributed by atoms with E-state index in [1.807, 2.05) is 0 Å². The number of hydrogen-bond donors (Lipinski definition) is 1. The largest absolute Gasteiger partial charge is 0.476 e. The van der Waals surface area contributed by atoms with Crippen LogP contribution in [0.25, 0.3) is 0 Å². The number of aromatic nitrogens is 3. The van der Waals surface area contributed by atoms with E-state index in [1.165, 1.54) is 23.0 Å². The lowest BCUT2D eigenvalue weighted by Gasteiger charge is -2.00. The van der Waals surface area contributed by atoms with Gasteiger partial charge in [0.05, 0.1) is 17.8 Å². The molecule has 0 aliphatic heterocycles. The quantitative estimate of drug-likeness (QED) is 0.864. The van der Waals surface area contributed by atoms with E-state index >= 15 is 0 Å². The second kappa shape index (κ2) is 4.38. The minimum absolute atomic E-state index is 0.0205. The number of carboxylic acids is 1. The molecule has 1 N–H and O–H groups in total. The average molecular weight is 256 g/mol. The van der Waals surface area contributed by atoms with Crippen molar-refractivity contribution in [3.8, 4) is 0 Å². The molecule has 2 rings (SSSR count). The van der Waals surface area contributed by atoms with Crippen molar-refractivity contribution in [3.63, 3.8) is 0 Å². The molecule has 0 atom stereocenters. The molecule has 0 aliphatic rings. The fourth-order valence-electron chi connectivity index (χ4n) is 1.20. The Morgan fingerprint density at radius 3 is 3.00 bits per heavy atom. The van der Waals surface area contributed by atoms with E-state index in [0.717, 1.165) is 0 Å². The highest BCUT2D eigenvalue weighted by Crippen LogP contribution is 2.07. The van der Waals surface area contributed by atoms with Gasteiger partial charge < -0.3 is 9.63 Å². The van der Waals surface area contributed by atoms with Crippen molar-refractivity contribution >= 4 is 17.6 Å². The van der Waals surface area contributed by atoms with Crippen LogP contribution >= 0.6 is 11.6 Å². The van der Waals surface area contributed by atoms with Crippen molar-refractivity contribution in [2.45, 2.75) is 6.54 Å². The van der Waals surface area contributed by atoms with E-state index in [2.05, 4.69) is 10.1 Å². The number of rotatable bonds is 3. The van der Waals surface area contributed by atoms with Crippen LogP contribution < -0.4 is 5.69 Å². The number of nitrogens with zero attached hydrogens (tertiary/aromatic N) is 3. The molecule has 17 heavy (non-hydrogen) atoms. The van der Waals surface area contributed by atoms with Gasteiger partial charge in [0.25, 0.3) is 0 Å². The Kier molecular flexibility index (Phi) is 2.92. The van der Waals surface area contributed by atoms with Gasteiger partial charge in [-0.15, -0.1) is 0 Å². The lowest BCUT2D eigenvalue weighted by molar-refractivity contribution is 0.0685. The molecule has 0 bridgehead atoms. The van der Waals surface area contributed by atoms with Crippen LogP contribution in [-0.2, 0) is 6.54 Å². The summed E-state index contributed by atoms with van der Waals surface area (Å²) in [6.07, 6.45) is 2.60. The third-order valence-electron chi connectivity index (χ3n) is 1.93. The first-order chi connectivity index (χ1) is 8.06. The number of aromatic carboxylic acids is 1. The summed E-state index contributed by atoms with van der Waals surface area (Å²) in [5.41, 5.74) is -0.731. The number of halogens is 1. The Bertz CT molecular complexity index is 619. The SMILES string of the molecule is O=C(O)c1cc(Cn2cc(Cl)cnc2=O)on1. The molecule has 0 aliphatic carbocycles. The summed E-state index contributed by atoms with van der Waals surface area (Å²) >= 11 is 5.68. The summed E-state index contributed by atoms with van der Waals surface area (Å²) in [4.78, 5) is 25.4. The van der Waals surface area contributed by atoms with E-state index in [-0.39, 0.29) is 18.0 Å². The maximum Gasteiger partial charge on any atom is 0.358 e. The van der Waals surface area contributed by atoms with Crippen molar-refractivity contribution in [3.05, 3.63) is 45.4 Å². The molecule has 0 unspecified atom stereocenters. The summed E-state index contributed by atoms with van der Waals surface area (Å²) in [6, 6.07) is 1.23. The van der Waals surface area contributed by atoms with Gasteiger partial charge in [0.2, 0.25) is 0 Å². The van der Waals surface area contributed by atoms with Crippen molar-refractivity contribution < 1.29 is 14.4 Å². The predicted octanol–water partition coefficient (Wildman–Crippen LogP) is 0.631. The molecule has 0 aromatic carbocycles. The van der Waals surface area contributed by atoms with Gasteiger partial charge in [-0.05, 0) is 0 Å². The standard InChI is InChI=1S/C9H6ClN3O4/c10-5-2-11-9(16)13(3-5)4-6-1-7(8(14)15)12-17-6/h1-3H,4H2,(H,14,15). The van der Waals surface area contributed by atoms with Crippen molar-refractivity contribution in [2.75, 3.05) is 0 Å². The van der Waals surface area contributed by atoms with Gasteiger partial charge in [-0.1, -0.05) is 16.8 Å². The van der Waals surface area contributed by atoms with E-state index in [4.69, 9.17) is 21.2 Å². The Hall–Kier alpha value is -2.15. The van der Waals surface area contributed by atoms with Crippen molar-refractivity contribution in [2.24, 2.45) is 0 Å². The van der Waals surface area contributed by atoms with E-state index in [0.29, 0.717) is 5.02 Å². The highest BCUT2D eigenvalue weighted by Gasteiger charge is 2.11. The minimum Gasteiger partial charge on any atom is -0.476 e. The first-order valence-electron chi connectivity index (χ1n) is 4.47. The van der Waals surface area contributed by atoms with Crippen LogP contribution in [-0.4, -0.2) is 25.8 Å².